The van der Waals surface area contributed by atoms with Crippen LogP contribution in [0.4, 0.5) is 10.6 Å². The second-order valence-corrected chi connectivity index (χ2v) is 8.87. The summed E-state index contributed by atoms with van der Waals surface area (Å²) in [4.78, 5) is 26.9. The monoisotopic (exact) mass is 419 g/mol. The van der Waals surface area contributed by atoms with Crippen molar-refractivity contribution in [2.24, 2.45) is 5.92 Å². The highest BCUT2D eigenvalue weighted by Crippen LogP contribution is 2.36. The first kappa shape index (κ1) is 19.8. The number of piperidine rings is 1. The van der Waals surface area contributed by atoms with Crippen LogP contribution in [-0.2, 0) is 17.8 Å². The van der Waals surface area contributed by atoms with Gasteiger partial charge in [0.1, 0.15) is 24.4 Å². The fourth-order valence-electron chi connectivity index (χ4n) is 4.40. The molecule has 3 heterocycles. The molecule has 31 heavy (non-hydrogen) atoms. The molecule has 0 bridgehead atoms. The number of nitrogens with one attached hydrogen (secondary N) is 2. The standard InChI is InChI=1S/C24H29N5O2/c1-16-7-10-20(13-29(16)24(30)31-14-18-5-3-2-4-6-18)28-23-21-19(11-17-8-9-17)12-25-22(21)26-15-27-23/h2-6,12,15-17,20H,7-11,13-14H2,1H3,(H2,25,26,27,28). The van der Waals surface area contributed by atoms with Crippen LogP contribution in [-0.4, -0.2) is 44.6 Å². The second kappa shape index (κ2) is 8.57. The highest BCUT2D eigenvalue weighted by atomic mass is 16.6. The minimum atomic E-state index is -0.258. The van der Waals surface area contributed by atoms with Crippen molar-refractivity contribution in [2.75, 3.05) is 11.9 Å². The third kappa shape index (κ3) is 4.50. The Balaban J connectivity index is 1.27. The maximum atomic E-state index is 12.8. The van der Waals surface area contributed by atoms with Crippen LogP contribution < -0.4 is 5.32 Å². The lowest BCUT2D eigenvalue weighted by atomic mass is 9.99. The van der Waals surface area contributed by atoms with Gasteiger partial charge in [-0.25, -0.2) is 14.8 Å². The van der Waals surface area contributed by atoms with E-state index >= 15 is 0 Å². The Hall–Kier alpha value is -3.09. The smallest absolute Gasteiger partial charge is 0.410 e. The van der Waals surface area contributed by atoms with Gasteiger partial charge in [0.25, 0.3) is 0 Å². The molecule has 2 N–H and O–H groups in total. The van der Waals surface area contributed by atoms with Crippen LogP contribution in [0.5, 0.6) is 0 Å². The number of aromatic amines is 1. The van der Waals surface area contributed by atoms with Crippen LogP contribution in [0.1, 0.15) is 43.7 Å². The lowest BCUT2D eigenvalue weighted by Crippen LogP contribution is -2.49. The van der Waals surface area contributed by atoms with E-state index in [-0.39, 0.29) is 18.2 Å². The number of benzene rings is 1. The maximum absolute atomic E-state index is 12.8. The molecule has 0 radical (unpaired) electrons. The molecule has 2 unspecified atom stereocenters. The number of aromatic nitrogens is 3. The molecule has 3 aromatic rings. The molecule has 7 nitrogen and oxygen atoms in total. The lowest BCUT2D eigenvalue weighted by Gasteiger charge is -2.37. The molecule has 2 atom stereocenters. The number of hydrogen-bond acceptors (Lipinski definition) is 5. The third-order valence-electron chi connectivity index (χ3n) is 6.42. The highest BCUT2D eigenvalue weighted by Gasteiger charge is 2.31. The van der Waals surface area contributed by atoms with Gasteiger partial charge in [0.05, 0.1) is 5.39 Å². The SMILES string of the molecule is CC1CCC(Nc2ncnc3[nH]cc(CC4CC4)c23)CN1C(=O)OCc1ccccc1. The predicted octanol–water partition coefficient (Wildman–Crippen LogP) is 4.51. The average molecular weight is 420 g/mol. The summed E-state index contributed by atoms with van der Waals surface area (Å²) < 4.78 is 5.59. The largest absolute Gasteiger partial charge is 0.445 e. The van der Waals surface area contributed by atoms with Crippen molar-refractivity contribution in [3.8, 4) is 0 Å². The minimum absolute atomic E-state index is 0.127. The van der Waals surface area contributed by atoms with Crippen molar-refractivity contribution >= 4 is 22.9 Å². The van der Waals surface area contributed by atoms with Crippen molar-refractivity contribution in [2.45, 2.75) is 57.7 Å². The average Bonchev–Trinajstić information content (AvgIpc) is 3.52. The van der Waals surface area contributed by atoms with Gasteiger partial charge in [0.15, 0.2) is 0 Å². The molecule has 1 amide bonds. The van der Waals surface area contributed by atoms with E-state index in [0.717, 1.165) is 47.6 Å². The summed E-state index contributed by atoms with van der Waals surface area (Å²) in [5.74, 6) is 1.65. The first-order valence-corrected chi connectivity index (χ1v) is 11.2. The Labute approximate surface area is 182 Å². The summed E-state index contributed by atoms with van der Waals surface area (Å²) in [7, 11) is 0. The van der Waals surface area contributed by atoms with E-state index in [1.54, 1.807) is 6.33 Å². The number of rotatable bonds is 6. The van der Waals surface area contributed by atoms with Gasteiger partial charge < -0.3 is 19.9 Å². The second-order valence-electron chi connectivity index (χ2n) is 8.87. The molecule has 162 valence electrons. The van der Waals surface area contributed by atoms with Crippen molar-refractivity contribution in [1.82, 2.24) is 19.9 Å². The van der Waals surface area contributed by atoms with Crippen LogP contribution in [0.25, 0.3) is 11.0 Å². The topological polar surface area (TPSA) is 83.1 Å². The summed E-state index contributed by atoms with van der Waals surface area (Å²) in [5, 5.41) is 4.69. The minimum Gasteiger partial charge on any atom is -0.445 e. The number of ether oxygens (including phenoxy) is 1. The maximum Gasteiger partial charge on any atom is 0.410 e. The molecule has 1 aromatic carbocycles. The Bertz CT molecular complexity index is 1050. The first-order chi connectivity index (χ1) is 15.2. The van der Waals surface area contributed by atoms with Crippen LogP contribution in [0, 0.1) is 5.92 Å². The van der Waals surface area contributed by atoms with Crippen molar-refractivity contribution in [3.63, 3.8) is 0 Å². The Morgan fingerprint density at radius 1 is 1.19 bits per heavy atom. The quantitative estimate of drug-likeness (QED) is 0.614. The number of carbonyl (C=O) groups is 1. The van der Waals surface area contributed by atoms with E-state index in [1.807, 2.05) is 35.2 Å². The summed E-state index contributed by atoms with van der Waals surface area (Å²) in [6, 6.07) is 10.1. The van der Waals surface area contributed by atoms with E-state index in [0.29, 0.717) is 13.2 Å². The fraction of sp³-hybridized carbons (Fsp3) is 0.458. The van der Waals surface area contributed by atoms with Gasteiger partial charge in [0, 0.05) is 24.8 Å². The van der Waals surface area contributed by atoms with E-state index in [4.69, 9.17) is 4.74 Å². The van der Waals surface area contributed by atoms with Crippen LogP contribution >= 0.6 is 0 Å². The number of anilines is 1. The number of amides is 1. The van der Waals surface area contributed by atoms with Crippen molar-refractivity contribution in [1.29, 1.82) is 0 Å². The van der Waals surface area contributed by atoms with Gasteiger partial charge in [-0.3, -0.25) is 0 Å². The van der Waals surface area contributed by atoms with E-state index in [9.17, 15) is 4.79 Å². The number of H-pyrrole nitrogens is 1. The third-order valence-corrected chi connectivity index (χ3v) is 6.42. The summed E-state index contributed by atoms with van der Waals surface area (Å²) >= 11 is 0. The van der Waals surface area contributed by atoms with Crippen LogP contribution in [0.3, 0.4) is 0 Å². The number of hydrogen-bond donors (Lipinski definition) is 2. The van der Waals surface area contributed by atoms with Crippen molar-refractivity contribution in [3.05, 3.63) is 54.0 Å². The zero-order chi connectivity index (χ0) is 21.2. The summed E-state index contributed by atoms with van der Waals surface area (Å²) in [6.07, 6.45) is 9.01. The summed E-state index contributed by atoms with van der Waals surface area (Å²) in [6.45, 7) is 2.98. The molecule has 2 aliphatic rings. The first-order valence-electron chi connectivity index (χ1n) is 11.2. The van der Waals surface area contributed by atoms with Gasteiger partial charge in [-0.2, -0.15) is 0 Å². The summed E-state index contributed by atoms with van der Waals surface area (Å²) in [5.41, 5.74) is 3.15. The van der Waals surface area contributed by atoms with Gasteiger partial charge in [-0.05, 0) is 56.1 Å². The number of likely N-dealkylation sites (tertiary alicyclic amines) is 1. The molecule has 7 heteroatoms. The molecule has 1 saturated carbocycles. The number of fused-ring (bicyclic) bond motifs is 1. The van der Waals surface area contributed by atoms with Gasteiger partial charge in [-0.15, -0.1) is 0 Å². The molecule has 0 spiro atoms. The van der Waals surface area contributed by atoms with Gasteiger partial charge >= 0.3 is 6.09 Å². The van der Waals surface area contributed by atoms with Gasteiger partial charge in [0.2, 0.25) is 0 Å². The van der Waals surface area contributed by atoms with E-state index < -0.39 is 0 Å². The Morgan fingerprint density at radius 3 is 2.84 bits per heavy atom. The van der Waals surface area contributed by atoms with E-state index in [2.05, 4.69) is 33.4 Å². The predicted molar refractivity (Wildman–Crippen MR) is 120 cm³/mol. The number of nitrogens with zero attached hydrogens (tertiary/aromatic N) is 3. The van der Waals surface area contributed by atoms with Gasteiger partial charge in [-0.1, -0.05) is 30.3 Å². The molecular weight excluding hydrogens is 390 g/mol. The number of carbonyl (C=O) groups excluding carboxylic acids is 1. The molecule has 1 saturated heterocycles. The molecule has 2 aromatic heterocycles. The molecule has 5 rings (SSSR count). The molecule has 2 fully saturated rings. The Morgan fingerprint density at radius 2 is 2.03 bits per heavy atom. The van der Waals surface area contributed by atoms with Crippen molar-refractivity contribution < 1.29 is 9.53 Å². The normalized spacial score (nSPS) is 21.3. The molecule has 1 aliphatic heterocycles. The lowest BCUT2D eigenvalue weighted by molar-refractivity contribution is 0.0696. The zero-order valence-corrected chi connectivity index (χ0v) is 17.9. The zero-order valence-electron chi connectivity index (χ0n) is 17.9. The Kier molecular flexibility index (Phi) is 5.49. The van der Waals surface area contributed by atoms with E-state index in [1.165, 1.54) is 18.4 Å². The van der Waals surface area contributed by atoms with Crippen LogP contribution in [0.15, 0.2) is 42.9 Å². The molecular formula is C24H29N5O2. The molecule has 1 aliphatic carbocycles. The fourth-order valence-corrected chi connectivity index (χ4v) is 4.40. The highest BCUT2D eigenvalue weighted by molar-refractivity contribution is 5.90. The van der Waals surface area contributed by atoms with Crippen LogP contribution in [0.2, 0.25) is 0 Å².